The summed E-state index contributed by atoms with van der Waals surface area (Å²) >= 11 is 0. The van der Waals surface area contributed by atoms with Crippen molar-refractivity contribution in [2.45, 2.75) is 38.1 Å². The highest BCUT2D eigenvalue weighted by molar-refractivity contribution is 5.76. The van der Waals surface area contributed by atoms with E-state index in [-0.39, 0.29) is 25.1 Å². The Kier molecular flexibility index (Phi) is 4.63. The molecule has 6 heteroatoms. The van der Waals surface area contributed by atoms with E-state index in [2.05, 4.69) is 0 Å². The monoisotopic (exact) mass is 270 g/mol. The number of hydrogen-bond donors (Lipinski definition) is 2. The molecule has 0 aromatic rings. The molecular formula is C13H22N2O4. The molecule has 1 saturated carbocycles. The fourth-order valence-corrected chi connectivity index (χ4v) is 2.64. The Morgan fingerprint density at radius 3 is 2.58 bits per heavy atom. The van der Waals surface area contributed by atoms with E-state index in [4.69, 9.17) is 10.2 Å². The highest BCUT2D eigenvalue weighted by Crippen LogP contribution is 2.29. The first-order valence-electron chi connectivity index (χ1n) is 7.00. The van der Waals surface area contributed by atoms with Gasteiger partial charge in [-0.15, -0.1) is 0 Å². The SMILES string of the molecule is O=C(O)CCN(C(=O)N1CCC(CCO)C1)C1CC1. The molecule has 1 heterocycles. The summed E-state index contributed by atoms with van der Waals surface area (Å²) in [6.45, 7) is 1.88. The van der Waals surface area contributed by atoms with Crippen LogP contribution in [0.3, 0.4) is 0 Å². The van der Waals surface area contributed by atoms with Gasteiger partial charge in [-0.3, -0.25) is 4.79 Å². The van der Waals surface area contributed by atoms with Gasteiger partial charge in [-0.1, -0.05) is 0 Å². The van der Waals surface area contributed by atoms with Crippen LogP contribution in [0, 0.1) is 5.92 Å². The van der Waals surface area contributed by atoms with E-state index in [0.717, 1.165) is 32.2 Å². The van der Waals surface area contributed by atoms with Crippen LogP contribution in [0.5, 0.6) is 0 Å². The average molecular weight is 270 g/mol. The number of aliphatic hydroxyl groups excluding tert-OH is 1. The summed E-state index contributed by atoms with van der Waals surface area (Å²) in [5.41, 5.74) is 0. The number of likely N-dealkylation sites (tertiary alicyclic amines) is 1. The average Bonchev–Trinajstić information content (AvgIpc) is 3.09. The van der Waals surface area contributed by atoms with Crippen molar-refractivity contribution in [2.75, 3.05) is 26.2 Å². The lowest BCUT2D eigenvalue weighted by Gasteiger charge is -2.27. The fraction of sp³-hybridized carbons (Fsp3) is 0.846. The van der Waals surface area contributed by atoms with E-state index in [1.807, 2.05) is 0 Å². The van der Waals surface area contributed by atoms with Crippen molar-refractivity contribution in [2.24, 2.45) is 5.92 Å². The molecule has 2 fully saturated rings. The zero-order valence-electron chi connectivity index (χ0n) is 11.1. The van der Waals surface area contributed by atoms with Crippen LogP contribution < -0.4 is 0 Å². The Morgan fingerprint density at radius 1 is 1.26 bits per heavy atom. The Labute approximate surface area is 113 Å². The van der Waals surface area contributed by atoms with Crippen molar-refractivity contribution in [1.29, 1.82) is 0 Å². The van der Waals surface area contributed by atoms with E-state index in [0.29, 0.717) is 19.0 Å². The predicted octanol–water partition coefficient (Wildman–Crippen LogP) is 0.750. The third-order valence-electron chi connectivity index (χ3n) is 3.89. The molecule has 2 amide bonds. The first-order chi connectivity index (χ1) is 9.11. The number of rotatable bonds is 6. The third-order valence-corrected chi connectivity index (χ3v) is 3.89. The summed E-state index contributed by atoms with van der Waals surface area (Å²) in [4.78, 5) is 26.6. The van der Waals surface area contributed by atoms with Crippen LogP contribution in [0.25, 0.3) is 0 Å². The van der Waals surface area contributed by atoms with Crippen LogP contribution in [-0.2, 0) is 4.79 Å². The van der Waals surface area contributed by atoms with Gasteiger partial charge in [0.15, 0.2) is 0 Å². The molecule has 0 bridgehead atoms. The van der Waals surface area contributed by atoms with Crippen LogP contribution in [-0.4, -0.2) is 64.3 Å². The molecule has 0 radical (unpaired) electrons. The standard InChI is InChI=1S/C13H22N2O4/c16-8-5-10-3-6-14(9-10)13(19)15(11-1-2-11)7-4-12(17)18/h10-11,16H,1-9H2,(H,17,18). The normalized spacial score (nSPS) is 22.6. The summed E-state index contributed by atoms with van der Waals surface area (Å²) in [6.07, 6.45) is 3.65. The van der Waals surface area contributed by atoms with Gasteiger partial charge >= 0.3 is 12.0 Å². The van der Waals surface area contributed by atoms with Crippen LogP contribution in [0.1, 0.15) is 32.1 Å². The topological polar surface area (TPSA) is 81.1 Å². The molecule has 1 unspecified atom stereocenters. The summed E-state index contributed by atoms with van der Waals surface area (Å²) in [5, 5.41) is 17.7. The van der Waals surface area contributed by atoms with Crippen LogP contribution >= 0.6 is 0 Å². The van der Waals surface area contributed by atoms with Gasteiger partial charge < -0.3 is 20.0 Å². The minimum Gasteiger partial charge on any atom is -0.481 e. The molecule has 0 aromatic heterocycles. The van der Waals surface area contributed by atoms with Gasteiger partial charge in [0.25, 0.3) is 0 Å². The molecule has 0 aromatic carbocycles. The first kappa shape index (κ1) is 14.1. The number of urea groups is 1. The molecule has 1 aliphatic carbocycles. The largest absolute Gasteiger partial charge is 0.481 e. The molecule has 108 valence electrons. The van der Waals surface area contributed by atoms with Crippen molar-refractivity contribution in [3.8, 4) is 0 Å². The summed E-state index contributed by atoms with van der Waals surface area (Å²) < 4.78 is 0. The molecule has 2 N–H and O–H groups in total. The Hall–Kier alpha value is -1.30. The van der Waals surface area contributed by atoms with E-state index < -0.39 is 5.97 Å². The van der Waals surface area contributed by atoms with Crippen LogP contribution in [0.4, 0.5) is 4.79 Å². The number of nitrogens with zero attached hydrogens (tertiary/aromatic N) is 2. The number of hydrogen-bond acceptors (Lipinski definition) is 3. The number of carbonyl (C=O) groups is 2. The molecule has 1 atom stereocenters. The van der Waals surface area contributed by atoms with Crippen molar-refractivity contribution in [3.63, 3.8) is 0 Å². The summed E-state index contributed by atoms with van der Waals surface area (Å²) in [6, 6.07) is 0.216. The fourth-order valence-electron chi connectivity index (χ4n) is 2.64. The molecule has 19 heavy (non-hydrogen) atoms. The zero-order chi connectivity index (χ0) is 13.8. The van der Waals surface area contributed by atoms with Gasteiger partial charge in [-0.05, 0) is 31.6 Å². The Morgan fingerprint density at radius 2 is 2.00 bits per heavy atom. The van der Waals surface area contributed by atoms with E-state index in [1.54, 1.807) is 9.80 Å². The lowest BCUT2D eigenvalue weighted by molar-refractivity contribution is -0.137. The van der Waals surface area contributed by atoms with Gasteiger partial charge in [0.2, 0.25) is 0 Å². The smallest absolute Gasteiger partial charge is 0.320 e. The maximum absolute atomic E-state index is 12.4. The number of carbonyl (C=O) groups excluding carboxylic acids is 1. The van der Waals surface area contributed by atoms with Crippen LogP contribution in [0.15, 0.2) is 0 Å². The second kappa shape index (κ2) is 6.23. The summed E-state index contributed by atoms with van der Waals surface area (Å²) in [7, 11) is 0. The van der Waals surface area contributed by atoms with Crippen molar-refractivity contribution < 1.29 is 19.8 Å². The molecular weight excluding hydrogens is 248 g/mol. The molecule has 2 rings (SSSR count). The number of carboxylic acid groups (broad SMARTS) is 1. The number of aliphatic carboxylic acids is 1. The first-order valence-corrected chi connectivity index (χ1v) is 7.00. The van der Waals surface area contributed by atoms with Crippen molar-refractivity contribution in [3.05, 3.63) is 0 Å². The van der Waals surface area contributed by atoms with Crippen LogP contribution in [0.2, 0.25) is 0 Å². The Bertz CT molecular complexity index is 344. The molecule has 0 spiro atoms. The van der Waals surface area contributed by atoms with Gasteiger partial charge in [0.1, 0.15) is 0 Å². The minimum atomic E-state index is -0.863. The van der Waals surface area contributed by atoms with Gasteiger partial charge in [-0.2, -0.15) is 0 Å². The predicted molar refractivity (Wildman–Crippen MR) is 68.8 cm³/mol. The van der Waals surface area contributed by atoms with E-state index in [1.165, 1.54) is 0 Å². The Balaban J connectivity index is 1.87. The number of amides is 2. The van der Waals surface area contributed by atoms with E-state index in [9.17, 15) is 9.59 Å². The third kappa shape index (κ3) is 3.83. The molecule has 2 aliphatic rings. The summed E-state index contributed by atoms with van der Waals surface area (Å²) in [5.74, 6) is -0.479. The molecule has 1 saturated heterocycles. The highest BCUT2D eigenvalue weighted by Gasteiger charge is 2.37. The zero-order valence-corrected chi connectivity index (χ0v) is 11.1. The number of aliphatic hydroxyl groups is 1. The van der Waals surface area contributed by atoms with E-state index >= 15 is 0 Å². The lowest BCUT2D eigenvalue weighted by Crippen LogP contribution is -2.44. The van der Waals surface area contributed by atoms with Gasteiger partial charge in [0.05, 0.1) is 6.42 Å². The maximum atomic E-state index is 12.4. The highest BCUT2D eigenvalue weighted by atomic mass is 16.4. The second-order valence-corrected chi connectivity index (χ2v) is 5.46. The van der Waals surface area contributed by atoms with Gasteiger partial charge in [-0.25, -0.2) is 4.79 Å². The minimum absolute atomic E-state index is 0.0101. The molecule has 1 aliphatic heterocycles. The maximum Gasteiger partial charge on any atom is 0.320 e. The number of carboxylic acids is 1. The second-order valence-electron chi connectivity index (χ2n) is 5.46. The van der Waals surface area contributed by atoms with Crippen molar-refractivity contribution in [1.82, 2.24) is 9.80 Å². The molecule has 6 nitrogen and oxygen atoms in total. The van der Waals surface area contributed by atoms with Crippen molar-refractivity contribution >= 4 is 12.0 Å². The quantitative estimate of drug-likeness (QED) is 0.746. The van der Waals surface area contributed by atoms with Gasteiger partial charge in [0, 0.05) is 32.3 Å². The lowest BCUT2D eigenvalue weighted by atomic mass is 10.1.